The average molecular weight is 396 g/mol. The van der Waals surface area contributed by atoms with Gasteiger partial charge >= 0.3 is 0 Å². The van der Waals surface area contributed by atoms with Gasteiger partial charge in [0.2, 0.25) is 5.91 Å². The molecule has 1 aromatic carbocycles. The van der Waals surface area contributed by atoms with Crippen molar-refractivity contribution in [2.45, 2.75) is 30.2 Å². The number of benzene rings is 1. The number of thioether (sulfide) groups is 1. The Bertz CT molecular complexity index is 612. The summed E-state index contributed by atoms with van der Waals surface area (Å²) in [4.78, 5) is 15.8. The van der Waals surface area contributed by atoms with E-state index in [1.165, 1.54) is 10.5 Å². The Hall–Kier alpha value is -0.780. The van der Waals surface area contributed by atoms with E-state index in [0.717, 1.165) is 29.6 Å². The van der Waals surface area contributed by atoms with Crippen LogP contribution in [0.15, 0.2) is 50.5 Å². The van der Waals surface area contributed by atoms with Crippen LogP contribution in [-0.2, 0) is 4.79 Å². The van der Waals surface area contributed by atoms with E-state index >= 15 is 0 Å². The first-order valence-corrected chi connectivity index (χ1v) is 10.2. The molecule has 22 heavy (non-hydrogen) atoms. The van der Waals surface area contributed by atoms with Crippen LogP contribution in [0.3, 0.4) is 0 Å². The molecule has 2 heterocycles. The molecule has 1 saturated heterocycles. The molecule has 1 fully saturated rings. The van der Waals surface area contributed by atoms with Crippen LogP contribution in [0.1, 0.15) is 30.9 Å². The lowest BCUT2D eigenvalue weighted by atomic mass is 10.1. The second-order valence-corrected chi connectivity index (χ2v) is 8.22. The maximum absolute atomic E-state index is 12.5. The fraction of sp³-hybridized carbons (Fsp3) is 0.353. The number of halogens is 1. The molecule has 0 aliphatic carbocycles. The number of hydrogen-bond donors (Lipinski definition) is 0. The third kappa shape index (κ3) is 3.94. The molecule has 3 rings (SSSR count). The SMILES string of the molecule is O=C(CCSc1ccc(Br)cc1)N1CCCC1c1ccsc1. The summed E-state index contributed by atoms with van der Waals surface area (Å²) >= 11 is 6.90. The van der Waals surface area contributed by atoms with Crippen LogP contribution < -0.4 is 0 Å². The number of carbonyl (C=O) groups excluding carboxylic acids is 1. The molecule has 2 aromatic rings. The summed E-state index contributed by atoms with van der Waals surface area (Å²) in [6.07, 6.45) is 2.83. The fourth-order valence-electron chi connectivity index (χ4n) is 2.81. The van der Waals surface area contributed by atoms with Crippen molar-refractivity contribution < 1.29 is 4.79 Å². The summed E-state index contributed by atoms with van der Waals surface area (Å²) in [5, 5.41) is 4.27. The molecule has 1 aliphatic heterocycles. The summed E-state index contributed by atoms with van der Waals surface area (Å²) in [6.45, 7) is 0.905. The van der Waals surface area contributed by atoms with Gasteiger partial charge in [0.05, 0.1) is 6.04 Å². The van der Waals surface area contributed by atoms with E-state index in [1.807, 2.05) is 12.1 Å². The van der Waals surface area contributed by atoms with Crippen molar-refractivity contribution in [3.8, 4) is 0 Å². The predicted octanol–water partition coefficient (Wildman–Crippen LogP) is 5.36. The van der Waals surface area contributed by atoms with Crippen molar-refractivity contribution in [1.29, 1.82) is 0 Å². The maximum Gasteiger partial charge on any atom is 0.223 e. The average Bonchev–Trinajstić information content (AvgIpc) is 3.19. The highest BCUT2D eigenvalue weighted by atomic mass is 79.9. The molecule has 1 aromatic heterocycles. The summed E-state index contributed by atoms with van der Waals surface area (Å²) in [7, 11) is 0. The van der Waals surface area contributed by atoms with Crippen LogP contribution >= 0.6 is 39.0 Å². The lowest BCUT2D eigenvalue weighted by molar-refractivity contribution is -0.131. The van der Waals surface area contributed by atoms with E-state index in [1.54, 1.807) is 23.1 Å². The Labute approximate surface area is 148 Å². The van der Waals surface area contributed by atoms with Crippen LogP contribution in [0.4, 0.5) is 0 Å². The quantitative estimate of drug-likeness (QED) is 0.635. The third-order valence-corrected chi connectivity index (χ3v) is 6.14. The van der Waals surface area contributed by atoms with Crippen molar-refractivity contribution in [2.24, 2.45) is 0 Å². The molecule has 0 saturated carbocycles. The van der Waals surface area contributed by atoms with Gasteiger partial charge in [-0.15, -0.1) is 11.8 Å². The number of nitrogens with zero attached hydrogens (tertiary/aromatic N) is 1. The molecule has 0 radical (unpaired) electrons. The van der Waals surface area contributed by atoms with Crippen LogP contribution in [0.25, 0.3) is 0 Å². The highest BCUT2D eigenvalue weighted by Crippen LogP contribution is 2.33. The summed E-state index contributed by atoms with van der Waals surface area (Å²) in [6, 6.07) is 10.7. The molecule has 1 atom stereocenters. The first kappa shape index (κ1) is 16.1. The van der Waals surface area contributed by atoms with Crippen molar-refractivity contribution in [2.75, 3.05) is 12.3 Å². The molecule has 0 N–H and O–H groups in total. The van der Waals surface area contributed by atoms with Gasteiger partial charge in [0, 0.05) is 28.1 Å². The van der Waals surface area contributed by atoms with Gasteiger partial charge < -0.3 is 4.90 Å². The van der Waals surface area contributed by atoms with E-state index in [-0.39, 0.29) is 0 Å². The zero-order valence-electron chi connectivity index (χ0n) is 12.2. The van der Waals surface area contributed by atoms with Crippen molar-refractivity contribution in [3.63, 3.8) is 0 Å². The molecular formula is C17H18BrNOS2. The minimum absolute atomic E-state index is 0.290. The molecule has 1 unspecified atom stereocenters. The fourth-order valence-corrected chi connectivity index (χ4v) is 4.62. The summed E-state index contributed by atoms with van der Waals surface area (Å²) < 4.78 is 1.09. The molecule has 116 valence electrons. The molecule has 0 bridgehead atoms. The van der Waals surface area contributed by atoms with Crippen molar-refractivity contribution >= 4 is 44.9 Å². The first-order chi connectivity index (χ1) is 10.7. The zero-order valence-corrected chi connectivity index (χ0v) is 15.4. The standard InChI is InChI=1S/C17H18BrNOS2/c18-14-3-5-15(6-4-14)22-11-8-17(20)19-9-1-2-16(19)13-7-10-21-12-13/h3-7,10,12,16H,1-2,8-9,11H2. The van der Waals surface area contributed by atoms with E-state index in [9.17, 15) is 4.79 Å². The van der Waals surface area contributed by atoms with Crippen LogP contribution in [0.5, 0.6) is 0 Å². The summed E-state index contributed by atoms with van der Waals surface area (Å²) in [5.41, 5.74) is 1.30. The maximum atomic E-state index is 12.5. The van der Waals surface area contributed by atoms with Gasteiger partial charge in [-0.2, -0.15) is 11.3 Å². The third-order valence-electron chi connectivity index (χ3n) is 3.90. The van der Waals surface area contributed by atoms with Gasteiger partial charge in [-0.05, 0) is 59.5 Å². The van der Waals surface area contributed by atoms with Crippen molar-refractivity contribution in [1.82, 2.24) is 4.90 Å². The monoisotopic (exact) mass is 395 g/mol. The van der Waals surface area contributed by atoms with Gasteiger partial charge in [0.15, 0.2) is 0 Å². The highest BCUT2D eigenvalue weighted by molar-refractivity contribution is 9.10. The second kappa shape index (κ2) is 7.66. The number of carbonyl (C=O) groups is 1. The van der Waals surface area contributed by atoms with Gasteiger partial charge in [-0.1, -0.05) is 15.9 Å². The molecular weight excluding hydrogens is 378 g/mol. The normalized spacial score (nSPS) is 17.9. The van der Waals surface area contributed by atoms with E-state index in [2.05, 4.69) is 49.8 Å². The van der Waals surface area contributed by atoms with Crippen LogP contribution in [0, 0.1) is 0 Å². The Morgan fingerprint density at radius 3 is 2.86 bits per heavy atom. The van der Waals surface area contributed by atoms with Crippen LogP contribution in [0.2, 0.25) is 0 Å². The van der Waals surface area contributed by atoms with E-state index in [0.29, 0.717) is 18.4 Å². The molecule has 2 nitrogen and oxygen atoms in total. The van der Waals surface area contributed by atoms with Gasteiger partial charge in [0.1, 0.15) is 0 Å². The van der Waals surface area contributed by atoms with E-state index < -0.39 is 0 Å². The topological polar surface area (TPSA) is 20.3 Å². The first-order valence-electron chi connectivity index (χ1n) is 7.44. The predicted molar refractivity (Wildman–Crippen MR) is 97.5 cm³/mol. The van der Waals surface area contributed by atoms with Gasteiger partial charge in [-0.25, -0.2) is 0 Å². The van der Waals surface area contributed by atoms with Crippen LogP contribution in [-0.4, -0.2) is 23.1 Å². The Morgan fingerprint density at radius 2 is 2.14 bits per heavy atom. The number of amides is 1. The number of likely N-dealkylation sites (tertiary alicyclic amines) is 1. The number of thiophene rings is 1. The minimum Gasteiger partial charge on any atom is -0.336 e. The smallest absolute Gasteiger partial charge is 0.223 e. The second-order valence-electron chi connectivity index (χ2n) is 5.35. The Balaban J connectivity index is 1.52. The molecule has 1 amide bonds. The Morgan fingerprint density at radius 1 is 1.32 bits per heavy atom. The van der Waals surface area contributed by atoms with Gasteiger partial charge in [0.25, 0.3) is 0 Å². The summed E-state index contributed by atoms with van der Waals surface area (Å²) in [5.74, 6) is 1.13. The number of hydrogen-bond acceptors (Lipinski definition) is 3. The van der Waals surface area contributed by atoms with E-state index in [4.69, 9.17) is 0 Å². The minimum atomic E-state index is 0.290. The molecule has 5 heteroatoms. The molecule has 1 aliphatic rings. The highest BCUT2D eigenvalue weighted by Gasteiger charge is 2.29. The lowest BCUT2D eigenvalue weighted by Crippen LogP contribution is -2.30. The number of rotatable bonds is 5. The lowest BCUT2D eigenvalue weighted by Gasteiger charge is -2.24. The van der Waals surface area contributed by atoms with Crippen molar-refractivity contribution in [3.05, 3.63) is 51.1 Å². The van der Waals surface area contributed by atoms with Gasteiger partial charge in [-0.3, -0.25) is 4.79 Å². The largest absolute Gasteiger partial charge is 0.336 e. The Kier molecular flexibility index (Phi) is 5.61. The zero-order chi connectivity index (χ0) is 15.4. The molecule has 0 spiro atoms.